The van der Waals surface area contributed by atoms with Crippen LogP contribution >= 0.6 is 0 Å². The smallest absolute Gasteiger partial charge is 0.165 e. The van der Waals surface area contributed by atoms with E-state index < -0.39 is 5.82 Å². The number of aromatic nitrogens is 1. The summed E-state index contributed by atoms with van der Waals surface area (Å²) in [5.41, 5.74) is 8.95. The van der Waals surface area contributed by atoms with Crippen LogP contribution in [0, 0.1) is 5.82 Å². The molecule has 1 heterocycles. The molecule has 0 aliphatic heterocycles. The van der Waals surface area contributed by atoms with Crippen molar-refractivity contribution in [1.82, 2.24) is 4.98 Å². The maximum absolute atomic E-state index is 13.5. The molecular weight excluding hydrogens is 267 g/mol. The van der Waals surface area contributed by atoms with E-state index in [0.29, 0.717) is 0 Å². The molecule has 1 aromatic heterocycles. The highest BCUT2D eigenvalue weighted by Gasteiger charge is 2.12. The second kappa shape index (κ2) is 5.50. The molecule has 0 fully saturated rings. The average molecular weight is 282 g/mol. The van der Waals surface area contributed by atoms with Gasteiger partial charge in [-0.15, -0.1) is 0 Å². The molecule has 1 atom stereocenters. The molecule has 0 radical (unpaired) electrons. The van der Waals surface area contributed by atoms with Crippen LogP contribution < -0.4 is 10.5 Å². The Morgan fingerprint density at radius 1 is 1.10 bits per heavy atom. The first-order valence-electron chi connectivity index (χ1n) is 6.63. The molecule has 0 saturated carbocycles. The number of fused-ring (bicyclic) bond motifs is 1. The summed E-state index contributed by atoms with van der Waals surface area (Å²) in [6.07, 6.45) is 1.76. The van der Waals surface area contributed by atoms with Crippen molar-refractivity contribution >= 4 is 10.9 Å². The highest BCUT2D eigenvalue weighted by Crippen LogP contribution is 2.27. The van der Waals surface area contributed by atoms with Crippen LogP contribution in [0.4, 0.5) is 4.39 Å². The van der Waals surface area contributed by atoms with Gasteiger partial charge in [0, 0.05) is 11.6 Å². The predicted molar refractivity (Wildman–Crippen MR) is 80.7 cm³/mol. The quantitative estimate of drug-likeness (QED) is 0.800. The fourth-order valence-electron chi connectivity index (χ4n) is 2.35. The molecule has 0 aliphatic rings. The van der Waals surface area contributed by atoms with E-state index in [2.05, 4.69) is 4.98 Å². The Balaban J connectivity index is 2.01. The van der Waals surface area contributed by atoms with Crippen molar-refractivity contribution in [3.8, 4) is 5.75 Å². The lowest BCUT2D eigenvalue weighted by Crippen LogP contribution is -2.12. The lowest BCUT2D eigenvalue weighted by Gasteiger charge is -2.14. The van der Waals surface area contributed by atoms with Crippen molar-refractivity contribution in [1.29, 1.82) is 0 Å². The third-order valence-corrected chi connectivity index (χ3v) is 3.52. The minimum Gasteiger partial charge on any atom is -0.494 e. The highest BCUT2D eigenvalue weighted by atomic mass is 19.1. The highest BCUT2D eigenvalue weighted by molar-refractivity contribution is 5.79. The topological polar surface area (TPSA) is 48.1 Å². The van der Waals surface area contributed by atoms with E-state index in [1.165, 1.54) is 13.2 Å². The number of benzene rings is 2. The number of nitrogens with zero attached hydrogens (tertiary/aromatic N) is 1. The summed E-state index contributed by atoms with van der Waals surface area (Å²) in [6.45, 7) is 0. The zero-order valence-corrected chi connectivity index (χ0v) is 11.6. The van der Waals surface area contributed by atoms with Crippen LogP contribution in [-0.2, 0) is 0 Å². The van der Waals surface area contributed by atoms with Crippen LogP contribution in [0.3, 0.4) is 0 Å². The van der Waals surface area contributed by atoms with Gasteiger partial charge in [0.25, 0.3) is 0 Å². The first-order chi connectivity index (χ1) is 10.2. The Bertz CT molecular complexity index is 789. The number of methoxy groups -OCH3 is 1. The van der Waals surface area contributed by atoms with Crippen molar-refractivity contribution < 1.29 is 9.13 Å². The van der Waals surface area contributed by atoms with E-state index in [4.69, 9.17) is 10.5 Å². The van der Waals surface area contributed by atoms with Crippen LogP contribution in [0.25, 0.3) is 10.9 Å². The van der Waals surface area contributed by atoms with Crippen molar-refractivity contribution in [2.24, 2.45) is 5.73 Å². The Hall–Kier alpha value is -2.46. The molecule has 0 bridgehead atoms. The lowest BCUT2D eigenvalue weighted by atomic mass is 9.98. The number of nitrogens with two attached hydrogens (primary N) is 1. The van der Waals surface area contributed by atoms with E-state index in [1.54, 1.807) is 18.3 Å². The summed E-state index contributed by atoms with van der Waals surface area (Å²) >= 11 is 0. The summed E-state index contributed by atoms with van der Waals surface area (Å²) in [4.78, 5) is 4.28. The van der Waals surface area contributed by atoms with Gasteiger partial charge in [0.2, 0.25) is 0 Å². The van der Waals surface area contributed by atoms with Crippen molar-refractivity contribution in [2.75, 3.05) is 7.11 Å². The minimum atomic E-state index is -0.392. The maximum Gasteiger partial charge on any atom is 0.165 e. The van der Waals surface area contributed by atoms with Gasteiger partial charge in [-0.1, -0.05) is 18.2 Å². The normalized spacial score (nSPS) is 12.3. The van der Waals surface area contributed by atoms with Crippen molar-refractivity contribution in [3.63, 3.8) is 0 Å². The molecule has 0 amide bonds. The van der Waals surface area contributed by atoms with E-state index >= 15 is 0 Å². The van der Waals surface area contributed by atoms with Gasteiger partial charge in [0.05, 0.1) is 18.7 Å². The van der Waals surface area contributed by atoms with E-state index in [9.17, 15) is 4.39 Å². The Labute approximate surface area is 122 Å². The molecule has 3 nitrogen and oxygen atoms in total. The van der Waals surface area contributed by atoms with Crippen LogP contribution in [0.1, 0.15) is 17.2 Å². The number of hydrogen-bond donors (Lipinski definition) is 1. The second-order valence-corrected chi connectivity index (χ2v) is 4.83. The Kier molecular flexibility index (Phi) is 3.54. The van der Waals surface area contributed by atoms with Crippen LogP contribution in [0.5, 0.6) is 5.75 Å². The molecule has 106 valence electrons. The van der Waals surface area contributed by atoms with Gasteiger partial charge in [-0.2, -0.15) is 0 Å². The van der Waals surface area contributed by atoms with Crippen molar-refractivity contribution in [2.45, 2.75) is 6.04 Å². The molecule has 21 heavy (non-hydrogen) atoms. The average Bonchev–Trinajstić information content (AvgIpc) is 2.54. The summed E-state index contributed by atoms with van der Waals surface area (Å²) in [5.74, 6) is -0.193. The van der Waals surface area contributed by atoms with Gasteiger partial charge in [0.1, 0.15) is 0 Å². The Morgan fingerprint density at radius 2 is 1.86 bits per heavy atom. The fraction of sp³-hybridized carbons (Fsp3) is 0.118. The molecule has 0 saturated heterocycles. The zero-order chi connectivity index (χ0) is 14.8. The molecule has 0 spiro atoms. The third-order valence-electron chi connectivity index (χ3n) is 3.52. The van der Waals surface area contributed by atoms with Crippen LogP contribution in [0.15, 0.2) is 54.7 Å². The number of hydrogen-bond acceptors (Lipinski definition) is 3. The second-order valence-electron chi connectivity index (χ2n) is 4.83. The third kappa shape index (κ3) is 2.58. The monoisotopic (exact) mass is 282 g/mol. The van der Waals surface area contributed by atoms with Gasteiger partial charge in [-0.25, -0.2) is 4.39 Å². The standard InChI is InChI=1S/C17H15FN2O/c1-21-16-10-13(4-6-14(16)18)17(19)12-5-7-15-11(9-12)3-2-8-20-15/h2-10,17H,19H2,1H3. The molecule has 1 unspecified atom stereocenters. The van der Waals surface area contributed by atoms with Gasteiger partial charge >= 0.3 is 0 Å². The number of ether oxygens (including phenoxy) is 1. The number of pyridine rings is 1. The molecule has 2 aromatic carbocycles. The van der Waals surface area contributed by atoms with Gasteiger partial charge in [-0.05, 0) is 41.5 Å². The van der Waals surface area contributed by atoms with Crippen LogP contribution in [0.2, 0.25) is 0 Å². The fourth-order valence-corrected chi connectivity index (χ4v) is 2.35. The molecule has 3 rings (SSSR count). The first-order valence-corrected chi connectivity index (χ1v) is 6.63. The molecule has 2 N–H and O–H groups in total. The van der Waals surface area contributed by atoms with Crippen LogP contribution in [-0.4, -0.2) is 12.1 Å². The summed E-state index contributed by atoms with van der Waals surface area (Å²) in [6, 6.07) is 14.1. The van der Waals surface area contributed by atoms with Gasteiger partial charge in [-0.3, -0.25) is 4.98 Å². The van der Waals surface area contributed by atoms with E-state index in [0.717, 1.165) is 22.0 Å². The largest absolute Gasteiger partial charge is 0.494 e. The van der Waals surface area contributed by atoms with E-state index in [-0.39, 0.29) is 11.8 Å². The van der Waals surface area contributed by atoms with Gasteiger partial charge in [0.15, 0.2) is 11.6 Å². The minimum absolute atomic E-state index is 0.199. The number of rotatable bonds is 3. The lowest BCUT2D eigenvalue weighted by molar-refractivity contribution is 0.385. The first kappa shape index (κ1) is 13.5. The summed E-state index contributed by atoms with van der Waals surface area (Å²) < 4.78 is 18.5. The molecule has 0 aliphatic carbocycles. The summed E-state index contributed by atoms with van der Waals surface area (Å²) in [5, 5.41) is 1.03. The summed E-state index contributed by atoms with van der Waals surface area (Å²) in [7, 11) is 1.44. The molecule has 3 aromatic rings. The zero-order valence-electron chi connectivity index (χ0n) is 11.6. The van der Waals surface area contributed by atoms with E-state index in [1.807, 2.05) is 30.3 Å². The SMILES string of the molecule is COc1cc(C(N)c2ccc3ncccc3c2)ccc1F. The van der Waals surface area contributed by atoms with Gasteiger partial charge < -0.3 is 10.5 Å². The molecule has 4 heteroatoms. The number of halogens is 1. The van der Waals surface area contributed by atoms with Crippen molar-refractivity contribution in [3.05, 3.63) is 71.7 Å². The maximum atomic E-state index is 13.5. The Morgan fingerprint density at radius 3 is 2.67 bits per heavy atom. The molecular formula is C17H15FN2O. The predicted octanol–water partition coefficient (Wildman–Crippen LogP) is 3.43.